The lowest BCUT2D eigenvalue weighted by atomic mass is 10.2. The molecule has 0 atom stereocenters. The van der Waals surface area contributed by atoms with Crippen LogP contribution in [0.2, 0.25) is 0 Å². The van der Waals surface area contributed by atoms with E-state index in [-0.39, 0.29) is 0 Å². The van der Waals surface area contributed by atoms with Crippen molar-refractivity contribution >= 4 is 17.4 Å². The molecule has 4 rings (SSSR count). The third kappa shape index (κ3) is 2.20. The highest BCUT2D eigenvalue weighted by Gasteiger charge is 2.17. The van der Waals surface area contributed by atoms with Crippen LogP contribution in [-0.4, -0.2) is 24.6 Å². The summed E-state index contributed by atoms with van der Waals surface area (Å²) in [7, 11) is 0. The normalized spacial score (nSPS) is 11.8. The number of hydrogen-bond acceptors (Lipinski definition) is 4. The summed E-state index contributed by atoms with van der Waals surface area (Å²) < 4.78 is 1.70. The highest BCUT2D eigenvalue weighted by molar-refractivity contribution is 5.71. The second-order valence-corrected chi connectivity index (χ2v) is 5.26. The standard InChI is InChI=1S/C18H12N6/c1-12-16(19-2)15(11-13-7-3-5-9-20-13)24-18(12)22-17(23-24)14-8-4-6-10-21-14/h3-11H,1H3/b15-11+. The molecule has 0 unspecified atom stereocenters. The van der Waals surface area contributed by atoms with Crippen molar-refractivity contribution in [2.75, 3.05) is 0 Å². The molecule has 0 aromatic carbocycles. The molecule has 0 saturated heterocycles. The first kappa shape index (κ1) is 14.0. The predicted octanol–water partition coefficient (Wildman–Crippen LogP) is 2.59. The molecular formula is C18H12N6. The van der Waals surface area contributed by atoms with Gasteiger partial charge in [-0.15, -0.1) is 5.10 Å². The summed E-state index contributed by atoms with van der Waals surface area (Å²) in [5.41, 5.74) is 3.49. The van der Waals surface area contributed by atoms with Gasteiger partial charge in [0.1, 0.15) is 11.3 Å². The van der Waals surface area contributed by atoms with Gasteiger partial charge in [-0.25, -0.2) is 14.3 Å². The topological polar surface area (TPSA) is 60.3 Å². The Morgan fingerprint density at radius 1 is 1.08 bits per heavy atom. The molecule has 6 nitrogen and oxygen atoms in total. The number of aromatic nitrogens is 5. The lowest BCUT2D eigenvalue weighted by Gasteiger charge is -1.93. The third-order valence-electron chi connectivity index (χ3n) is 3.75. The lowest BCUT2D eigenvalue weighted by Crippen LogP contribution is -2.10. The highest BCUT2D eigenvalue weighted by atomic mass is 15.3. The number of nitrogens with zero attached hydrogens (tertiary/aromatic N) is 6. The number of fused-ring (bicyclic) bond motifs is 1. The fraction of sp³-hybridized carbons (Fsp3) is 0.0556. The molecule has 0 fully saturated rings. The van der Waals surface area contributed by atoms with Gasteiger partial charge in [0.05, 0.1) is 17.6 Å². The van der Waals surface area contributed by atoms with Gasteiger partial charge in [0.25, 0.3) is 0 Å². The van der Waals surface area contributed by atoms with Gasteiger partial charge in [-0.3, -0.25) is 9.97 Å². The summed E-state index contributed by atoms with van der Waals surface area (Å²) in [4.78, 5) is 16.8. The first-order valence-electron chi connectivity index (χ1n) is 7.38. The average Bonchev–Trinajstić information content (AvgIpc) is 3.17. The van der Waals surface area contributed by atoms with Crippen molar-refractivity contribution in [3.8, 4) is 11.5 Å². The van der Waals surface area contributed by atoms with Crippen LogP contribution in [0.25, 0.3) is 28.1 Å². The molecule has 0 radical (unpaired) electrons. The van der Waals surface area contributed by atoms with E-state index < -0.39 is 0 Å². The molecular weight excluding hydrogens is 300 g/mol. The Hall–Kier alpha value is -3.59. The van der Waals surface area contributed by atoms with Gasteiger partial charge >= 0.3 is 0 Å². The molecule has 0 saturated carbocycles. The van der Waals surface area contributed by atoms with Crippen LogP contribution < -0.4 is 5.35 Å². The largest absolute Gasteiger partial charge is 0.257 e. The van der Waals surface area contributed by atoms with Crippen LogP contribution >= 0.6 is 0 Å². The van der Waals surface area contributed by atoms with Gasteiger partial charge in [0.15, 0.2) is 0 Å². The molecule has 114 valence electrons. The smallest absolute Gasteiger partial charge is 0.219 e. The first-order chi connectivity index (χ1) is 11.8. The van der Waals surface area contributed by atoms with Crippen molar-refractivity contribution in [3.63, 3.8) is 0 Å². The van der Waals surface area contributed by atoms with Crippen LogP contribution in [0.3, 0.4) is 0 Å². The molecule has 6 heteroatoms. The molecule has 4 aromatic heterocycles. The van der Waals surface area contributed by atoms with Crippen molar-refractivity contribution in [3.05, 3.63) is 76.8 Å². The van der Waals surface area contributed by atoms with Crippen LogP contribution in [0, 0.1) is 13.5 Å². The van der Waals surface area contributed by atoms with Crippen molar-refractivity contribution in [2.45, 2.75) is 6.92 Å². The van der Waals surface area contributed by atoms with E-state index in [0.717, 1.165) is 11.3 Å². The number of aryl methyl sites for hydroxylation is 1. The highest BCUT2D eigenvalue weighted by Crippen LogP contribution is 2.22. The van der Waals surface area contributed by atoms with E-state index in [1.165, 1.54) is 0 Å². The van der Waals surface area contributed by atoms with Gasteiger partial charge < -0.3 is 0 Å². The fourth-order valence-corrected chi connectivity index (χ4v) is 2.60. The van der Waals surface area contributed by atoms with Crippen LogP contribution in [-0.2, 0) is 0 Å². The Labute approximate surface area is 138 Å². The maximum Gasteiger partial charge on any atom is 0.219 e. The van der Waals surface area contributed by atoms with Crippen molar-refractivity contribution in [1.82, 2.24) is 24.6 Å². The third-order valence-corrected chi connectivity index (χ3v) is 3.75. The maximum atomic E-state index is 7.48. The SMILES string of the molecule is [C-]#[N+]c1c(C)c2nc(-c3ccccn3)nn2/c1=C/c1ccccn1. The number of rotatable bonds is 2. The quantitative estimate of drug-likeness (QED) is 0.534. The van der Waals surface area contributed by atoms with E-state index in [2.05, 4.69) is 24.9 Å². The molecule has 0 spiro atoms. The molecule has 0 aliphatic carbocycles. The fourth-order valence-electron chi connectivity index (χ4n) is 2.60. The van der Waals surface area contributed by atoms with E-state index in [1.807, 2.05) is 49.4 Å². The second kappa shape index (κ2) is 5.56. The van der Waals surface area contributed by atoms with E-state index in [9.17, 15) is 0 Å². The lowest BCUT2D eigenvalue weighted by molar-refractivity contribution is 0.945. The minimum Gasteiger partial charge on any atom is -0.257 e. The van der Waals surface area contributed by atoms with Gasteiger partial charge in [-0.05, 0) is 37.3 Å². The molecule has 0 aliphatic heterocycles. The van der Waals surface area contributed by atoms with Gasteiger partial charge in [-0.2, -0.15) is 0 Å². The van der Waals surface area contributed by atoms with Crippen LogP contribution in [0.4, 0.5) is 5.69 Å². The van der Waals surface area contributed by atoms with Crippen LogP contribution in [0.15, 0.2) is 48.8 Å². The number of hydrogen-bond donors (Lipinski definition) is 0. The monoisotopic (exact) mass is 312 g/mol. The maximum absolute atomic E-state index is 7.48. The van der Waals surface area contributed by atoms with Gasteiger partial charge in [-0.1, -0.05) is 12.1 Å². The molecule has 4 aromatic rings. The Bertz CT molecular complexity index is 1110. The molecule has 24 heavy (non-hydrogen) atoms. The Morgan fingerprint density at radius 2 is 1.88 bits per heavy atom. The van der Waals surface area contributed by atoms with E-state index in [4.69, 9.17) is 6.57 Å². The Morgan fingerprint density at radius 3 is 2.54 bits per heavy atom. The summed E-state index contributed by atoms with van der Waals surface area (Å²) in [6, 6.07) is 11.3. The first-order valence-corrected chi connectivity index (χ1v) is 7.38. The van der Waals surface area contributed by atoms with E-state index in [1.54, 1.807) is 16.9 Å². The molecule has 4 heterocycles. The molecule has 0 aliphatic rings. The summed E-state index contributed by atoms with van der Waals surface area (Å²) >= 11 is 0. The number of pyridine rings is 2. The summed E-state index contributed by atoms with van der Waals surface area (Å²) in [5.74, 6) is 0.543. The van der Waals surface area contributed by atoms with Crippen LogP contribution in [0.5, 0.6) is 0 Å². The van der Waals surface area contributed by atoms with Crippen LogP contribution in [0.1, 0.15) is 11.3 Å². The minimum atomic E-state index is 0.543. The molecule has 0 bridgehead atoms. The van der Waals surface area contributed by atoms with E-state index >= 15 is 0 Å². The van der Waals surface area contributed by atoms with Gasteiger partial charge in [0, 0.05) is 18.0 Å². The summed E-state index contributed by atoms with van der Waals surface area (Å²) in [6.07, 6.45) is 5.28. The van der Waals surface area contributed by atoms with Gasteiger partial charge in [0.2, 0.25) is 11.5 Å². The van der Waals surface area contributed by atoms with Crippen molar-refractivity contribution in [2.24, 2.45) is 0 Å². The minimum absolute atomic E-state index is 0.543. The Kier molecular flexibility index (Phi) is 3.25. The Balaban J connectivity index is 2.00. The zero-order valence-electron chi connectivity index (χ0n) is 12.9. The summed E-state index contributed by atoms with van der Waals surface area (Å²) in [6.45, 7) is 9.37. The average molecular weight is 312 g/mol. The molecule has 0 amide bonds. The van der Waals surface area contributed by atoms with Crippen molar-refractivity contribution < 1.29 is 0 Å². The zero-order chi connectivity index (χ0) is 16.5. The zero-order valence-corrected chi connectivity index (χ0v) is 12.9. The van der Waals surface area contributed by atoms with E-state index in [0.29, 0.717) is 28.2 Å². The second-order valence-electron chi connectivity index (χ2n) is 5.26. The predicted molar refractivity (Wildman–Crippen MR) is 90.2 cm³/mol. The summed E-state index contributed by atoms with van der Waals surface area (Å²) in [5, 5.41) is 5.24. The molecule has 0 N–H and O–H groups in total. The van der Waals surface area contributed by atoms with Crippen molar-refractivity contribution in [1.29, 1.82) is 0 Å².